The Morgan fingerprint density at radius 1 is 1.50 bits per heavy atom. The van der Waals surface area contributed by atoms with Crippen LogP contribution >= 0.6 is 23.2 Å². The van der Waals surface area contributed by atoms with Crippen LogP contribution in [0, 0.1) is 17.2 Å². The van der Waals surface area contributed by atoms with Crippen molar-refractivity contribution in [3.63, 3.8) is 0 Å². The maximum atomic E-state index is 12.1. The van der Waals surface area contributed by atoms with Gasteiger partial charge in [0.2, 0.25) is 0 Å². The van der Waals surface area contributed by atoms with E-state index in [4.69, 9.17) is 33.2 Å². The van der Waals surface area contributed by atoms with Gasteiger partial charge in [-0.1, -0.05) is 30.1 Å². The lowest BCUT2D eigenvalue weighted by Crippen LogP contribution is -2.07. The predicted octanol–water partition coefficient (Wildman–Crippen LogP) is 3.66. The third-order valence-corrected chi connectivity index (χ3v) is 3.97. The summed E-state index contributed by atoms with van der Waals surface area (Å²) in [5.74, 6) is 0.387. The molecule has 1 aromatic carbocycles. The van der Waals surface area contributed by atoms with E-state index in [1.54, 1.807) is 6.07 Å². The van der Waals surface area contributed by atoms with E-state index in [9.17, 15) is 4.79 Å². The molecule has 1 aliphatic rings. The number of nitriles is 1. The topological polar surface area (TPSA) is 50.1 Å². The van der Waals surface area contributed by atoms with Crippen molar-refractivity contribution in [1.29, 1.82) is 5.26 Å². The number of hydrogen-bond donors (Lipinski definition) is 0. The van der Waals surface area contributed by atoms with Crippen LogP contribution in [0.2, 0.25) is 10.0 Å². The van der Waals surface area contributed by atoms with Crippen LogP contribution in [0.15, 0.2) is 6.07 Å². The normalized spacial score (nSPS) is 17.4. The zero-order valence-corrected chi connectivity index (χ0v) is 11.3. The molecule has 0 saturated heterocycles. The Bertz CT molecular complexity index is 549. The molecule has 0 N–H and O–H groups in total. The molecule has 1 atom stereocenters. The second kappa shape index (κ2) is 5.17. The molecule has 0 aliphatic heterocycles. The molecular weight excluding hydrogens is 273 g/mol. The van der Waals surface area contributed by atoms with E-state index < -0.39 is 0 Å². The SMILES string of the molecule is CC[C@@H]1Cc2cc(OCC#N)c(Cl)c(Cl)c2C1=O. The minimum Gasteiger partial charge on any atom is -0.477 e. The van der Waals surface area contributed by atoms with E-state index >= 15 is 0 Å². The third kappa shape index (κ3) is 2.07. The van der Waals surface area contributed by atoms with Gasteiger partial charge < -0.3 is 4.74 Å². The molecule has 1 aliphatic carbocycles. The molecule has 0 spiro atoms. The minimum absolute atomic E-state index is 0.0280. The van der Waals surface area contributed by atoms with Gasteiger partial charge in [-0.2, -0.15) is 5.26 Å². The van der Waals surface area contributed by atoms with Gasteiger partial charge in [-0.25, -0.2) is 0 Å². The molecule has 0 unspecified atom stereocenters. The van der Waals surface area contributed by atoms with Gasteiger partial charge in [0, 0.05) is 11.5 Å². The van der Waals surface area contributed by atoms with Crippen LogP contribution in [-0.2, 0) is 6.42 Å². The molecule has 0 amide bonds. The van der Waals surface area contributed by atoms with E-state index in [1.165, 1.54) is 0 Å². The summed E-state index contributed by atoms with van der Waals surface area (Å²) < 4.78 is 5.21. The molecule has 0 bridgehead atoms. The molecule has 18 heavy (non-hydrogen) atoms. The highest BCUT2D eigenvalue weighted by atomic mass is 35.5. The zero-order chi connectivity index (χ0) is 13.3. The quantitative estimate of drug-likeness (QED) is 0.851. The van der Waals surface area contributed by atoms with E-state index in [-0.39, 0.29) is 28.4 Å². The second-order valence-electron chi connectivity index (χ2n) is 4.16. The van der Waals surface area contributed by atoms with Crippen LogP contribution < -0.4 is 4.74 Å². The number of rotatable bonds is 3. The van der Waals surface area contributed by atoms with Crippen LogP contribution in [0.1, 0.15) is 29.3 Å². The summed E-state index contributed by atoms with van der Waals surface area (Å²) >= 11 is 12.2. The van der Waals surface area contributed by atoms with Crippen LogP contribution in [0.5, 0.6) is 5.75 Å². The van der Waals surface area contributed by atoms with Gasteiger partial charge in [0.1, 0.15) is 16.8 Å². The smallest absolute Gasteiger partial charge is 0.174 e. The summed E-state index contributed by atoms with van der Waals surface area (Å²) in [5.41, 5.74) is 1.37. The molecule has 94 valence electrons. The molecule has 3 nitrogen and oxygen atoms in total. The monoisotopic (exact) mass is 283 g/mol. The molecule has 5 heteroatoms. The minimum atomic E-state index is -0.0972. The number of halogens is 2. The second-order valence-corrected chi connectivity index (χ2v) is 4.91. The average molecular weight is 284 g/mol. The van der Waals surface area contributed by atoms with Crippen LogP contribution in [-0.4, -0.2) is 12.4 Å². The number of carbonyl (C=O) groups excluding carboxylic acids is 1. The molecule has 0 aromatic heterocycles. The first-order chi connectivity index (χ1) is 8.60. The Kier molecular flexibility index (Phi) is 3.79. The largest absolute Gasteiger partial charge is 0.477 e. The van der Waals surface area contributed by atoms with Gasteiger partial charge in [-0.05, 0) is 24.5 Å². The lowest BCUT2D eigenvalue weighted by molar-refractivity contribution is 0.0934. The first kappa shape index (κ1) is 13.2. The van der Waals surface area contributed by atoms with E-state index in [2.05, 4.69) is 0 Å². The molecule has 0 radical (unpaired) electrons. The van der Waals surface area contributed by atoms with E-state index in [1.807, 2.05) is 13.0 Å². The Labute approximate surface area is 115 Å². The van der Waals surface area contributed by atoms with Crippen LogP contribution in [0.4, 0.5) is 0 Å². The van der Waals surface area contributed by atoms with E-state index in [0.29, 0.717) is 17.7 Å². The lowest BCUT2D eigenvalue weighted by Gasteiger charge is -2.09. The summed E-state index contributed by atoms with van der Waals surface area (Å²) in [4.78, 5) is 12.1. The Hall–Kier alpha value is -1.24. The lowest BCUT2D eigenvalue weighted by atomic mass is 10.0. The fourth-order valence-electron chi connectivity index (χ4n) is 2.19. The summed E-state index contributed by atoms with van der Waals surface area (Å²) in [6.07, 6.45) is 1.43. The highest BCUT2D eigenvalue weighted by Gasteiger charge is 2.33. The standard InChI is InChI=1S/C13H11Cl2NO2/c1-2-7-5-8-6-9(18-4-3-16)11(14)12(15)10(8)13(7)17/h6-7H,2,4-5H2,1H3/t7-/m1/s1. The predicted molar refractivity (Wildman–Crippen MR) is 69.4 cm³/mol. The number of Topliss-reactive ketones (excluding diaryl/α,β-unsaturated/α-hetero) is 1. The fraction of sp³-hybridized carbons (Fsp3) is 0.385. The molecular formula is C13H11Cl2NO2. The number of nitrogens with zero attached hydrogens (tertiary/aromatic N) is 1. The number of fused-ring (bicyclic) bond motifs is 1. The molecule has 0 heterocycles. The first-order valence-electron chi connectivity index (χ1n) is 5.65. The number of hydrogen-bond acceptors (Lipinski definition) is 3. The van der Waals surface area contributed by atoms with Crippen molar-refractivity contribution in [1.82, 2.24) is 0 Å². The summed E-state index contributed by atoms with van der Waals surface area (Å²) in [7, 11) is 0. The molecule has 2 rings (SSSR count). The van der Waals surface area contributed by atoms with Gasteiger partial charge in [0.25, 0.3) is 0 Å². The van der Waals surface area contributed by atoms with Crippen LogP contribution in [0.25, 0.3) is 0 Å². The summed E-state index contributed by atoms with van der Waals surface area (Å²) in [5, 5.41) is 8.94. The maximum Gasteiger partial charge on any atom is 0.174 e. The van der Waals surface area contributed by atoms with Crippen molar-refractivity contribution >= 4 is 29.0 Å². The van der Waals surface area contributed by atoms with Crippen LogP contribution in [0.3, 0.4) is 0 Å². The molecule has 1 aromatic rings. The van der Waals surface area contributed by atoms with Gasteiger partial charge in [-0.3, -0.25) is 4.79 Å². The van der Waals surface area contributed by atoms with Gasteiger partial charge in [0.15, 0.2) is 12.4 Å². The number of ether oxygens (including phenoxy) is 1. The first-order valence-corrected chi connectivity index (χ1v) is 6.40. The van der Waals surface area contributed by atoms with Gasteiger partial charge in [0.05, 0.1) is 5.02 Å². The van der Waals surface area contributed by atoms with Crippen molar-refractivity contribution in [2.24, 2.45) is 5.92 Å². The van der Waals surface area contributed by atoms with E-state index in [0.717, 1.165) is 12.0 Å². The van der Waals surface area contributed by atoms with Crippen molar-refractivity contribution in [3.8, 4) is 11.8 Å². The van der Waals surface area contributed by atoms with Crippen molar-refractivity contribution < 1.29 is 9.53 Å². The Morgan fingerprint density at radius 2 is 2.22 bits per heavy atom. The van der Waals surface area contributed by atoms with Gasteiger partial charge in [-0.15, -0.1) is 0 Å². The third-order valence-electron chi connectivity index (χ3n) is 3.12. The van der Waals surface area contributed by atoms with Crippen molar-refractivity contribution in [2.45, 2.75) is 19.8 Å². The number of carbonyl (C=O) groups is 1. The molecule has 0 fully saturated rings. The summed E-state index contributed by atoms with van der Waals surface area (Å²) in [6, 6.07) is 3.59. The van der Waals surface area contributed by atoms with Crippen molar-refractivity contribution in [2.75, 3.05) is 6.61 Å². The highest BCUT2D eigenvalue weighted by Crippen LogP contribution is 2.42. The summed E-state index contributed by atoms with van der Waals surface area (Å²) in [6.45, 7) is 1.87. The molecule has 0 saturated carbocycles. The Balaban J connectivity index is 2.46. The zero-order valence-electron chi connectivity index (χ0n) is 9.80. The maximum absolute atomic E-state index is 12.1. The Morgan fingerprint density at radius 3 is 2.83 bits per heavy atom. The average Bonchev–Trinajstić information content (AvgIpc) is 2.68. The van der Waals surface area contributed by atoms with Gasteiger partial charge >= 0.3 is 0 Å². The number of ketones is 1. The highest BCUT2D eigenvalue weighted by molar-refractivity contribution is 6.45. The fourth-order valence-corrected chi connectivity index (χ4v) is 2.70. The van der Waals surface area contributed by atoms with Crippen molar-refractivity contribution in [3.05, 3.63) is 27.2 Å². The number of benzene rings is 1.